The van der Waals surface area contributed by atoms with E-state index in [4.69, 9.17) is 25.8 Å². The number of esters is 1. The predicted molar refractivity (Wildman–Crippen MR) is 97.5 cm³/mol. The van der Waals surface area contributed by atoms with Crippen molar-refractivity contribution in [1.29, 1.82) is 0 Å². The highest BCUT2D eigenvalue weighted by Crippen LogP contribution is 2.21. The lowest BCUT2D eigenvalue weighted by Gasteiger charge is -2.11. The van der Waals surface area contributed by atoms with E-state index in [2.05, 4.69) is 5.32 Å². The van der Waals surface area contributed by atoms with Crippen molar-refractivity contribution in [2.45, 2.75) is 13.5 Å². The van der Waals surface area contributed by atoms with E-state index >= 15 is 0 Å². The number of halogens is 1. The second-order valence-electron chi connectivity index (χ2n) is 5.45. The van der Waals surface area contributed by atoms with Gasteiger partial charge in [0.25, 0.3) is 5.91 Å². The molecule has 0 aromatic heterocycles. The number of methoxy groups -OCH3 is 1. The van der Waals surface area contributed by atoms with Crippen LogP contribution in [0.15, 0.2) is 42.5 Å². The summed E-state index contributed by atoms with van der Waals surface area (Å²) in [5.41, 5.74) is 1.64. The Morgan fingerprint density at radius 3 is 2.58 bits per heavy atom. The summed E-state index contributed by atoms with van der Waals surface area (Å²) in [6, 6.07) is 12.4. The van der Waals surface area contributed by atoms with Gasteiger partial charge < -0.3 is 19.5 Å². The van der Waals surface area contributed by atoms with Gasteiger partial charge in [-0.15, -0.1) is 0 Å². The van der Waals surface area contributed by atoms with Crippen molar-refractivity contribution in [3.63, 3.8) is 0 Å². The SMILES string of the molecule is COc1ccccc1CNC(=O)COC(=O)COc1ccc(Cl)cc1C. The van der Waals surface area contributed by atoms with Gasteiger partial charge in [-0.3, -0.25) is 4.79 Å². The molecule has 2 aromatic carbocycles. The number of rotatable bonds is 8. The van der Waals surface area contributed by atoms with Gasteiger partial charge >= 0.3 is 5.97 Å². The number of ether oxygens (including phenoxy) is 3. The minimum Gasteiger partial charge on any atom is -0.496 e. The van der Waals surface area contributed by atoms with E-state index in [1.165, 1.54) is 0 Å². The second kappa shape index (κ2) is 9.68. The fraction of sp³-hybridized carbons (Fsp3) is 0.263. The molecule has 138 valence electrons. The Balaban J connectivity index is 1.72. The maximum absolute atomic E-state index is 11.8. The molecule has 0 unspecified atom stereocenters. The predicted octanol–water partition coefficient (Wildman–Crippen LogP) is 2.90. The molecule has 0 heterocycles. The first-order valence-corrected chi connectivity index (χ1v) is 8.30. The molecule has 0 saturated heterocycles. The Kier molecular flexibility index (Phi) is 7.29. The number of nitrogens with one attached hydrogen (secondary N) is 1. The molecule has 6 nitrogen and oxygen atoms in total. The molecule has 2 rings (SSSR count). The number of hydrogen-bond acceptors (Lipinski definition) is 5. The van der Waals surface area contributed by atoms with Gasteiger partial charge in [0.1, 0.15) is 11.5 Å². The minimum atomic E-state index is -0.633. The third kappa shape index (κ3) is 5.97. The molecule has 0 bridgehead atoms. The summed E-state index contributed by atoms with van der Waals surface area (Å²) in [7, 11) is 1.56. The van der Waals surface area contributed by atoms with Crippen LogP contribution in [0.2, 0.25) is 5.02 Å². The molecule has 1 N–H and O–H groups in total. The molecule has 0 radical (unpaired) electrons. The average Bonchev–Trinajstić information content (AvgIpc) is 2.64. The van der Waals surface area contributed by atoms with Crippen LogP contribution in [-0.2, 0) is 20.9 Å². The van der Waals surface area contributed by atoms with Gasteiger partial charge in [0.2, 0.25) is 0 Å². The summed E-state index contributed by atoms with van der Waals surface area (Å²) in [6.45, 7) is 1.43. The van der Waals surface area contributed by atoms with E-state index in [0.29, 0.717) is 16.5 Å². The Bertz CT molecular complexity index is 778. The van der Waals surface area contributed by atoms with Crippen LogP contribution in [0.3, 0.4) is 0 Å². The van der Waals surface area contributed by atoms with Crippen LogP contribution in [0.4, 0.5) is 0 Å². The van der Waals surface area contributed by atoms with E-state index in [1.54, 1.807) is 31.4 Å². The van der Waals surface area contributed by atoms with Crippen molar-refractivity contribution in [1.82, 2.24) is 5.32 Å². The molecular weight excluding hydrogens is 358 g/mol. The molecule has 7 heteroatoms. The summed E-state index contributed by atoms with van der Waals surface area (Å²) in [4.78, 5) is 23.5. The summed E-state index contributed by atoms with van der Waals surface area (Å²) >= 11 is 5.86. The molecule has 0 aliphatic rings. The number of carbonyl (C=O) groups excluding carboxylic acids is 2. The van der Waals surface area contributed by atoms with E-state index in [-0.39, 0.29) is 19.8 Å². The zero-order valence-electron chi connectivity index (χ0n) is 14.6. The first kappa shape index (κ1) is 19.6. The lowest BCUT2D eigenvalue weighted by atomic mass is 10.2. The standard InChI is InChI=1S/C19H20ClNO5/c1-13-9-15(20)7-8-16(13)25-12-19(23)26-11-18(22)21-10-14-5-3-4-6-17(14)24-2/h3-9H,10-12H2,1-2H3,(H,21,22). The summed E-state index contributed by atoms with van der Waals surface area (Å²) in [5, 5.41) is 3.25. The molecule has 0 aliphatic heterocycles. The smallest absolute Gasteiger partial charge is 0.344 e. The van der Waals surface area contributed by atoms with Gasteiger partial charge in [0.15, 0.2) is 13.2 Å². The van der Waals surface area contributed by atoms with Crippen molar-refractivity contribution < 1.29 is 23.8 Å². The maximum Gasteiger partial charge on any atom is 0.344 e. The van der Waals surface area contributed by atoms with Gasteiger partial charge in [-0.2, -0.15) is 0 Å². The number of para-hydroxylation sites is 1. The van der Waals surface area contributed by atoms with E-state index in [0.717, 1.165) is 11.1 Å². The number of amides is 1. The van der Waals surface area contributed by atoms with Crippen LogP contribution in [-0.4, -0.2) is 32.2 Å². The maximum atomic E-state index is 11.8. The minimum absolute atomic E-state index is 0.279. The third-order valence-corrected chi connectivity index (χ3v) is 3.75. The largest absolute Gasteiger partial charge is 0.496 e. The highest BCUT2D eigenvalue weighted by Gasteiger charge is 2.10. The number of benzene rings is 2. The first-order chi connectivity index (χ1) is 12.5. The molecule has 1 amide bonds. The van der Waals surface area contributed by atoms with Crippen LogP contribution in [0.25, 0.3) is 0 Å². The van der Waals surface area contributed by atoms with Crippen molar-refractivity contribution in [2.24, 2.45) is 0 Å². The zero-order valence-corrected chi connectivity index (χ0v) is 15.3. The van der Waals surface area contributed by atoms with Gasteiger partial charge in [0, 0.05) is 17.1 Å². The van der Waals surface area contributed by atoms with E-state index < -0.39 is 11.9 Å². The Hall–Kier alpha value is -2.73. The fourth-order valence-electron chi connectivity index (χ4n) is 2.19. The molecule has 0 aliphatic carbocycles. The molecule has 0 atom stereocenters. The van der Waals surface area contributed by atoms with Crippen molar-refractivity contribution in [3.8, 4) is 11.5 Å². The Morgan fingerprint density at radius 1 is 1.08 bits per heavy atom. The highest BCUT2D eigenvalue weighted by molar-refractivity contribution is 6.30. The molecule has 0 fully saturated rings. The van der Waals surface area contributed by atoms with E-state index in [1.807, 2.05) is 25.1 Å². The third-order valence-electron chi connectivity index (χ3n) is 3.52. The highest BCUT2D eigenvalue weighted by atomic mass is 35.5. The molecule has 0 spiro atoms. The number of carbonyl (C=O) groups is 2. The van der Waals surface area contributed by atoms with Gasteiger partial charge in [-0.25, -0.2) is 4.79 Å². The van der Waals surface area contributed by atoms with Gasteiger partial charge in [-0.1, -0.05) is 29.8 Å². The van der Waals surface area contributed by atoms with Crippen LogP contribution in [0.1, 0.15) is 11.1 Å². The molecular formula is C19H20ClNO5. The Morgan fingerprint density at radius 2 is 1.85 bits per heavy atom. The van der Waals surface area contributed by atoms with E-state index in [9.17, 15) is 9.59 Å². The van der Waals surface area contributed by atoms with Crippen LogP contribution < -0.4 is 14.8 Å². The monoisotopic (exact) mass is 377 g/mol. The van der Waals surface area contributed by atoms with Crippen LogP contribution >= 0.6 is 11.6 Å². The van der Waals surface area contributed by atoms with Crippen LogP contribution in [0, 0.1) is 6.92 Å². The topological polar surface area (TPSA) is 73.9 Å². The number of hydrogen-bond donors (Lipinski definition) is 1. The zero-order chi connectivity index (χ0) is 18.9. The van der Waals surface area contributed by atoms with Gasteiger partial charge in [-0.05, 0) is 36.8 Å². The second-order valence-corrected chi connectivity index (χ2v) is 5.88. The summed E-state index contributed by atoms with van der Waals surface area (Å²) < 4.78 is 15.5. The first-order valence-electron chi connectivity index (χ1n) is 7.92. The quantitative estimate of drug-likeness (QED) is 0.716. The van der Waals surface area contributed by atoms with Crippen molar-refractivity contribution in [2.75, 3.05) is 20.3 Å². The van der Waals surface area contributed by atoms with Crippen molar-refractivity contribution >= 4 is 23.5 Å². The fourth-order valence-corrected chi connectivity index (χ4v) is 2.42. The molecule has 2 aromatic rings. The molecule has 0 saturated carbocycles. The van der Waals surface area contributed by atoms with Crippen molar-refractivity contribution in [3.05, 3.63) is 58.6 Å². The Labute approximate surface area is 157 Å². The number of aryl methyl sites for hydroxylation is 1. The molecule has 26 heavy (non-hydrogen) atoms. The average molecular weight is 378 g/mol. The lowest BCUT2D eigenvalue weighted by Crippen LogP contribution is -2.29. The normalized spacial score (nSPS) is 10.1. The van der Waals surface area contributed by atoms with Gasteiger partial charge in [0.05, 0.1) is 7.11 Å². The summed E-state index contributed by atoms with van der Waals surface area (Å²) in [6.07, 6.45) is 0. The van der Waals surface area contributed by atoms with Crippen LogP contribution in [0.5, 0.6) is 11.5 Å². The summed E-state index contributed by atoms with van der Waals surface area (Å²) in [5.74, 6) is 0.169. The lowest BCUT2D eigenvalue weighted by molar-refractivity contribution is -0.150.